The topological polar surface area (TPSA) is 35.6 Å². The summed E-state index contributed by atoms with van der Waals surface area (Å²) in [7, 11) is 0. The van der Waals surface area contributed by atoms with Gasteiger partial charge in [0.2, 0.25) is 0 Å². The molecule has 23 heavy (non-hydrogen) atoms. The Bertz CT molecular complexity index is 537. The van der Waals surface area contributed by atoms with Crippen molar-refractivity contribution in [2.45, 2.75) is 34.2 Å². The van der Waals surface area contributed by atoms with Gasteiger partial charge in [0.15, 0.2) is 0 Å². The van der Waals surface area contributed by atoms with Crippen LogP contribution in [0.4, 0.5) is 4.79 Å². The molecule has 1 fully saturated rings. The van der Waals surface area contributed by atoms with Crippen molar-refractivity contribution in [2.75, 3.05) is 26.2 Å². The van der Waals surface area contributed by atoms with Crippen molar-refractivity contribution in [1.82, 2.24) is 15.1 Å². The summed E-state index contributed by atoms with van der Waals surface area (Å²) < 4.78 is 0. The highest BCUT2D eigenvalue weighted by Crippen LogP contribution is 2.23. The summed E-state index contributed by atoms with van der Waals surface area (Å²) in [6, 6.07) is 10.5. The first-order chi connectivity index (χ1) is 10.9. The molecule has 4 nitrogen and oxygen atoms in total. The Morgan fingerprint density at radius 3 is 2.30 bits per heavy atom. The normalized spacial score (nSPS) is 17.2. The number of carbonyl (C=O) groups is 1. The van der Waals surface area contributed by atoms with E-state index in [1.165, 1.54) is 11.1 Å². The van der Waals surface area contributed by atoms with Crippen LogP contribution < -0.4 is 5.32 Å². The van der Waals surface area contributed by atoms with Crippen molar-refractivity contribution in [1.29, 1.82) is 0 Å². The maximum atomic E-state index is 12.2. The Kier molecular flexibility index (Phi) is 5.83. The number of amides is 2. The van der Waals surface area contributed by atoms with Crippen molar-refractivity contribution in [3.05, 3.63) is 47.7 Å². The molecule has 1 heterocycles. The first-order valence-corrected chi connectivity index (χ1v) is 8.35. The second kappa shape index (κ2) is 7.64. The van der Waals surface area contributed by atoms with Gasteiger partial charge in [0.25, 0.3) is 0 Å². The number of nitrogens with one attached hydrogen (secondary N) is 1. The molecule has 2 rings (SSSR count). The fourth-order valence-corrected chi connectivity index (χ4v) is 2.43. The molecule has 0 aromatic heterocycles. The summed E-state index contributed by atoms with van der Waals surface area (Å²) in [5.74, 6) is 0. The number of rotatable bonds is 3. The van der Waals surface area contributed by atoms with E-state index in [4.69, 9.17) is 0 Å². The van der Waals surface area contributed by atoms with E-state index in [0.717, 1.165) is 32.7 Å². The van der Waals surface area contributed by atoms with Crippen LogP contribution >= 0.6 is 0 Å². The zero-order valence-electron chi connectivity index (χ0n) is 14.8. The lowest BCUT2D eigenvalue weighted by atomic mass is 9.88. The van der Waals surface area contributed by atoms with E-state index in [1.54, 1.807) is 0 Å². The van der Waals surface area contributed by atoms with Gasteiger partial charge in [-0.05, 0) is 17.9 Å². The molecule has 1 aliphatic rings. The molecule has 0 atom stereocenters. The van der Waals surface area contributed by atoms with Crippen LogP contribution in [0.3, 0.4) is 0 Å². The molecule has 0 unspecified atom stereocenters. The van der Waals surface area contributed by atoms with Crippen LogP contribution in [0, 0.1) is 5.41 Å². The Balaban J connectivity index is 1.79. The molecule has 1 aromatic rings. The number of carbonyl (C=O) groups excluding carboxylic acids is 1. The molecule has 0 radical (unpaired) electrons. The zero-order chi connectivity index (χ0) is 16.9. The number of hydrogen-bond donors (Lipinski definition) is 1. The predicted octanol–water partition coefficient (Wildman–Crippen LogP) is 3.46. The number of allylic oxidation sites excluding steroid dienone is 1. The predicted molar refractivity (Wildman–Crippen MR) is 95.0 cm³/mol. The van der Waals surface area contributed by atoms with Crippen molar-refractivity contribution < 1.29 is 4.79 Å². The summed E-state index contributed by atoms with van der Waals surface area (Å²) in [5, 5.41) is 2.93. The Labute approximate surface area is 140 Å². The van der Waals surface area contributed by atoms with Gasteiger partial charge in [-0.2, -0.15) is 0 Å². The molecule has 0 bridgehead atoms. The lowest BCUT2D eigenvalue weighted by Gasteiger charge is -2.34. The van der Waals surface area contributed by atoms with Gasteiger partial charge in [0.05, 0.1) is 0 Å². The molecular formula is C19H29N3O. The van der Waals surface area contributed by atoms with Gasteiger partial charge in [-0.15, -0.1) is 0 Å². The van der Waals surface area contributed by atoms with Gasteiger partial charge in [-0.25, -0.2) is 4.79 Å². The van der Waals surface area contributed by atoms with Crippen molar-refractivity contribution in [3.63, 3.8) is 0 Å². The van der Waals surface area contributed by atoms with E-state index in [1.807, 2.05) is 17.2 Å². The first kappa shape index (κ1) is 17.5. The molecule has 1 aromatic carbocycles. The van der Waals surface area contributed by atoms with Gasteiger partial charge < -0.3 is 10.2 Å². The molecular weight excluding hydrogens is 286 g/mol. The van der Waals surface area contributed by atoms with E-state index in [9.17, 15) is 4.79 Å². The number of piperazine rings is 1. The maximum Gasteiger partial charge on any atom is 0.321 e. The molecule has 0 spiro atoms. The molecule has 0 aliphatic carbocycles. The summed E-state index contributed by atoms with van der Waals surface area (Å²) >= 11 is 0. The van der Waals surface area contributed by atoms with Crippen LogP contribution in [-0.4, -0.2) is 42.0 Å². The Morgan fingerprint density at radius 1 is 1.13 bits per heavy atom. The summed E-state index contributed by atoms with van der Waals surface area (Å²) in [4.78, 5) is 16.5. The standard InChI is InChI=1S/C19H29N3O/c1-16(19(2,3)4)14-20-18(23)22-12-10-21(11-13-22)15-17-8-6-5-7-9-17/h5-9,14H,10-13,15H2,1-4H3,(H,20,23)/b16-14+. The SMILES string of the molecule is C/C(=C\NC(=O)N1CCN(Cc2ccccc2)CC1)C(C)(C)C. The van der Waals surface area contributed by atoms with Crippen LogP contribution in [0.2, 0.25) is 0 Å². The second-order valence-corrected chi connectivity index (χ2v) is 7.28. The highest BCUT2D eigenvalue weighted by molar-refractivity contribution is 5.75. The molecule has 1 N–H and O–H groups in total. The average Bonchev–Trinajstić information content (AvgIpc) is 2.53. The third-order valence-electron chi connectivity index (χ3n) is 4.50. The second-order valence-electron chi connectivity index (χ2n) is 7.28. The Morgan fingerprint density at radius 2 is 1.74 bits per heavy atom. The molecule has 126 valence electrons. The van der Waals surface area contributed by atoms with Crippen molar-refractivity contribution >= 4 is 6.03 Å². The number of nitrogens with zero attached hydrogens (tertiary/aromatic N) is 2. The monoisotopic (exact) mass is 315 g/mol. The van der Waals surface area contributed by atoms with E-state index < -0.39 is 0 Å². The van der Waals surface area contributed by atoms with Crippen LogP contribution in [0.5, 0.6) is 0 Å². The number of benzene rings is 1. The fourth-order valence-electron chi connectivity index (χ4n) is 2.43. The molecule has 2 amide bonds. The van der Waals surface area contributed by atoms with Crippen molar-refractivity contribution in [3.8, 4) is 0 Å². The Hall–Kier alpha value is -1.81. The smallest absolute Gasteiger partial charge is 0.321 e. The molecule has 1 aliphatic heterocycles. The minimum atomic E-state index is 0.00737. The lowest BCUT2D eigenvalue weighted by molar-refractivity contribution is 0.137. The summed E-state index contributed by atoms with van der Waals surface area (Å²) in [6.07, 6.45) is 1.85. The third kappa shape index (κ3) is 5.39. The van der Waals surface area contributed by atoms with Gasteiger partial charge in [-0.1, -0.05) is 56.7 Å². The summed E-state index contributed by atoms with van der Waals surface area (Å²) in [5.41, 5.74) is 2.59. The third-order valence-corrected chi connectivity index (χ3v) is 4.50. The highest BCUT2D eigenvalue weighted by atomic mass is 16.2. The van der Waals surface area contributed by atoms with E-state index in [0.29, 0.717) is 0 Å². The van der Waals surface area contributed by atoms with Crippen LogP contribution in [0.25, 0.3) is 0 Å². The van der Waals surface area contributed by atoms with Crippen LogP contribution in [0.15, 0.2) is 42.1 Å². The highest BCUT2D eigenvalue weighted by Gasteiger charge is 2.21. The lowest BCUT2D eigenvalue weighted by Crippen LogP contribution is -2.50. The number of urea groups is 1. The quantitative estimate of drug-likeness (QED) is 0.927. The van der Waals surface area contributed by atoms with Gasteiger partial charge in [0.1, 0.15) is 0 Å². The van der Waals surface area contributed by atoms with Gasteiger partial charge >= 0.3 is 6.03 Å². The molecule has 1 saturated heterocycles. The van der Waals surface area contributed by atoms with E-state index in [-0.39, 0.29) is 11.4 Å². The molecule has 4 heteroatoms. The maximum absolute atomic E-state index is 12.2. The largest absolute Gasteiger partial charge is 0.322 e. The van der Waals surface area contributed by atoms with Crippen molar-refractivity contribution in [2.24, 2.45) is 5.41 Å². The zero-order valence-corrected chi connectivity index (χ0v) is 14.8. The minimum absolute atomic E-state index is 0.00737. The average molecular weight is 315 g/mol. The van der Waals surface area contributed by atoms with Crippen LogP contribution in [0.1, 0.15) is 33.3 Å². The van der Waals surface area contributed by atoms with Gasteiger partial charge in [0, 0.05) is 38.9 Å². The van der Waals surface area contributed by atoms with E-state index >= 15 is 0 Å². The number of hydrogen-bond acceptors (Lipinski definition) is 2. The summed E-state index contributed by atoms with van der Waals surface area (Å²) in [6.45, 7) is 12.8. The molecule has 0 saturated carbocycles. The van der Waals surface area contributed by atoms with Gasteiger partial charge in [-0.3, -0.25) is 4.90 Å². The minimum Gasteiger partial charge on any atom is -0.322 e. The fraction of sp³-hybridized carbons (Fsp3) is 0.526. The van der Waals surface area contributed by atoms with Crippen LogP contribution in [-0.2, 0) is 6.54 Å². The first-order valence-electron chi connectivity index (χ1n) is 8.35. The van der Waals surface area contributed by atoms with E-state index in [2.05, 4.69) is 62.2 Å².